The van der Waals surface area contributed by atoms with E-state index in [4.69, 9.17) is 0 Å². The van der Waals surface area contributed by atoms with E-state index in [2.05, 4.69) is 0 Å². The number of hydrogen-bond donors (Lipinski definition) is 0. The molecule has 0 aromatic heterocycles. The Kier molecular flexibility index (Phi) is 4.10. The second-order valence-corrected chi connectivity index (χ2v) is 4.36. The van der Waals surface area contributed by atoms with E-state index in [1.54, 1.807) is 11.8 Å². The molecule has 0 saturated carbocycles. The monoisotopic (exact) mass is 227 g/mol. The zero-order valence-corrected chi connectivity index (χ0v) is 8.46. The quantitative estimate of drug-likeness (QED) is 0.682. The average Bonchev–Trinajstić information content (AvgIpc) is 2.27. The van der Waals surface area contributed by atoms with Gasteiger partial charge in [0, 0.05) is 18.8 Å². The summed E-state index contributed by atoms with van der Waals surface area (Å²) in [5, 5.41) is 0. The summed E-state index contributed by atoms with van der Waals surface area (Å²) in [7, 11) is 0. The Morgan fingerprint density at radius 3 is 2.64 bits per heavy atom. The van der Waals surface area contributed by atoms with Crippen LogP contribution in [0.2, 0.25) is 0 Å². The van der Waals surface area contributed by atoms with Crippen LogP contribution in [0.4, 0.5) is 13.2 Å². The Morgan fingerprint density at radius 1 is 1.29 bits per heavy atom. The summed E-state index contributed by atoms with van der Waals surface area (Å²) in [5.74, 6) is 0.874. The minimum absolute atomic E-state index is 0.444. The molecule has 1 aliphatic rings. The molecular weight excluding hydrogens is 215 g/mol. The molecule has 0 spiro atoms. The number of nitrogens with zero attached hydrogens (tertiary/aromatic N) is 1. The van der Waals surface area contributed by atoms with Gasteiger partial charge in [0.15, 0.2) is 0 Å². The third-order valence-corrected chi connectivity index (χ3v) is 2.98. The Bertz CT molecular complexity index is 199. The first-order valence-electron chi connectivity index (χ1n) is 4.41. The molecule has 0 aliphatic carbocycles. The molecule has 0 aromatic rings. The van der Waals surface area contributed by atoms with E-state index in [1.807, 2.05) is 0 Å². The maximum atomic E-state index is 11.9. The van der Waals surface area contributed by atoms with Crippen LogP contribution in [0.15, 0.2) is 0 Å². The highest BCUT2D eigenvalue weighted by Gasteiger charge is 2.33. The lowest BCUT2D eigenvalue weighted by molar-refractivity contribution is -0.161. The van der Waals surface area contributed by atoms with E-state index in [-0.39, 0.29) is 0 Å². The lowest BCUT2D eigenvalue weighted by atomic mass is 10.3. The number of hydrogen-bond acceptors (Lipinski definition) is 2. The number of thioether (sulfide) groups is 1. The lowest BCUT2D eigenvalue weighted by Crippen LogP contribution is -2.35. The summed E-state index contributed by atoms with van der Waals surface area (Å²) in [6.07, 6.45) is -4.91. The molecule has 1 heterocycles. The van der Waals surface area contributed by atoms with Crippen LogP contribution in [0.5, 0.6) is 0 Å². The van der Waals surface area contributed by atoms with Crippen molar-refractivity contribution < 1.29 is 18.0 Å². The number of carbonyl (C=O) groups is 1. The lowest BCUT2D eigenvalue weighted by Gasteiger charge is -2.20. The Labute approximate surface area is 84.8 Å². The summed E-state index contributed by atoms with van der Waals surface area (Å²) < 4.78 is 35.7. The summed E-state index contributed by atoms with van der Waals surface area (Å²) in [5.41, 5.74) is 0. The van der Waals surface area contributed by atoms with E-state index in [0.717, 1.165) is 17.9 Å². The molecule has 6 heteroatoms. The van der Waals surface area contributed by atoms with E-state index in [9.17, 15) is 18.0 Å². The van der Waals surface area contributed by atoms with Crippen LogP contribution in [-0.4, -0.2) is 41.6 Å². The van der Waals surface area contributed by atoms with Gasteiger partial charge in [-0.25, -0.2) is 0 Å². The smallest absolute Gasteiger partial charge is 0.342 e. The van der Waals surface area contributed by atoms with Gasteiger partial charge in [0.25, 0.3) is 0 Å². The summed E-state index contributed by atoms with van der Waals surface area (Å²) in [6.45, 7) is 0.904. The van der Waals surface area contributed by atoms with Crippen molar-refractivity contribution in [3.63, 3.8) is 0 Å². The summed E-state index contributed by atoms with van der Waals surface area (Å²) >= 11 is 1.68. The number of alkyl halides is 3. The Morgan fingerprint density at radius 2 is 2.00 bits per heavy atom. The fourth-order valence-corrected chi connectivity index (χ4v) is 2.17. The third kappa shape index (κ3) is 4.21. The number of amides is 1. The van der Waals surface area contributed by atoms with E-state index in [0.29, 0.717) is 13.1 Å². The molecule has 0 aromatic carbocycles. The normalized spacial score (nSPS) is 19.2. The van der Waals surface area contributed by atoms with Gasteiger partial charge in [0.1, 0.15) is 6.42 Å². The molecule has 2 nitrogen and oxygen atoms in total. The van der Waals surface area contributed by atoms with E-state index in [1.165, 1.54) is 4.90 Å². The van der Waals surface area contributed by atoms with Crippen LogP contribution in [0.25, 0.3) is 0 Å². The molecule has 0 unspecified atom stereocenters. The molecule has 1 fully saturated rings. The molecular formula is C8H12F3NOS. The Hall–Kier alpha value is -0.390. The van der Waals surface area contributed by atoms with Gasteiger partial charge in [-0.05, 0) is 12.2 Å². The van der Waals surface area contributed by atoms with Gasteiger partial charge in [0.05, 0.1) is 0 Å². The van der Waals surface area contributed by atoms with E-state index >= 15 is 0 Å². The maximum absolute atomic E-state index is 11.9. The topological polar surface area (TPSA) is 20.3 Å². The fourth-order valence-electron chi connectivity index (χ4n) is 1.28. The maximum Gasteiger partial charge on any atom is 0.397 e. The van der Waals surface area contributed by atoms with Crippen molar-refractivity contribution in [3.8, 4) is 0 Å². The standard InChI is InChI=1S/C8H12F3NOS/c9-8(10,11)6-7(13)12-2-1-4-14-5-3-12/h1-6H2. The van der Waals surface area contributed by atoms with Gasteiger partial charge in [0.2, 0.25) is 5.91 Å². The second kappa shape index (κ2) is 4.91. The molecule has 0 radical (unpaired) electrons. The average molecular weight is 227 g/mol. The van der Waals surface area contributed by atoms with Gasteiger partial charge in [-0.15, -0.1) is 0 Å². The van der Waals surface area contributed by atoms with Gasteiger partial charge >= 0.3 is 6.18 Å². The first kappa shape index (κ1) is 11.7. The van der Waals surface area contributed by atoms with Crippen molar-refractivity contribution >= 4 is 17.7 Å². The fraction of sp³-hybridized carbons (Fsp3) is 0.875. The number of carbonyl (C=O) groups excluding carboxylic acids is 1. The minimum Gasteiger partial charge on any atom is -0.342 e. The highest BCUT2D eigenvalue weighted by Crippen LogP contribution is 2.21. The third-order valence-electron chi connectivity index (χ3n) is 1.93. The molecule has 82 valence electrons. The number of rotatable bonds is 1. The van der Waals surface area contributed by atoms with Crippen LogP contribution >= 0.6 is 11.8 Å². The van der Waals surface area contributed by atoms with Gasteiger partial charge in [-0.2, -0.15) is 24.9 Å². The molecule has 0 bridgehead atoms. The molecule has 1 saturated heterocycles. The zero-order chi connectivity index (χ0) is 10.6. The largest absolute Gasteiger partial charge is 0.397 e. The first-order valence-corrected chi connectivity index (χ1v) is 5.57. The van der Waals surface area contributed by atoms with Gasteiger partial charge in [-0.1, -0.05) is 0 Å². The number of halogens is 3. The zero-order valence-electron chi connectivity index (χ0n) is 7.64. The highest BCUT2D eigenvalue weighted by molar-refractivity contribution is 7.99. The van der Waals surface area contributed by atoms with Crippen molar-refractivity contribution in [2.75, 3.05) is 24.6 Å². The highest BCUT2D eigenvalue weighted by atomic mass is 32.2. The SMILES string of the molecule is O=C(CC(F)(F)F)N1CCCSCC1. The van der Waals surface area contributed by atoms with Crippen LogP contribution < -0.4 is 0 Å². The molecule has 1 aliphatic heterocycles. The van der Waals surface area contributed by atoms with Crippen LogP contribution in [0.3, 0.4) is 0 Å². The van der Waals surface area contributed by atoms with Gasteiger partial charge < -0.3 is 4.90 Å². The van der Waals surface area contributed by atoms with Crippen molar-refractivity contribution in [2.24, 2.45) is 0 Å². The Balaban J connectivity index is 2.42. The van der Waals surface area contributed by atoms with Crippen LogP contribution in [0, 0.1) is 0 Å². The van der Waals surface area contributed by atoms with Crippen molar-refractivity contribution in [2.45, 2.75) is 19.0 Å². The molecule has 0 atom stereocenters. The predicted molar refractivity (Wildman–Crippen MR) is 49.2 cm³/mol. The molecule has 1 rings (SSSR count). The predicted octanol–water partition coefficient (Wildman–Crippen LogP) is 1.90. The van der Waals surface area contributed by atoms with Crippen molar-refractivity contribution in [1.29, 1.82) is 0 Å². The molecule has 14 heavy (non-hydrogen) atoms. The summed E-state index contributed by atoms with van der Waals surface area (Å²) in [6, 6.07) is 0. The van der Waals surface area contributed by atoms with Crippen LogP contribution in [-0.2, 0) is 4.79 Å². The van der Waals surface area contributed by atoms with Crippen molar-refractivity contribution in [3.05, 3.63) is 0 Å². The molecule has 0 N–H and O–H groups in total. The first-order chi connectivity index (χ1) is 6.49. The van der Waals surface area contributed by atoms with Crippen LogP contribution in [0.1, 0.15) is 12.8 Å². The van der Waals surface area contributed by atoms with Gasteiger partial charge in [-0.3, -0.25) is 4.79 Å². The second-order valence-electron chi connectivity index (χ2n) is 3.14. The minimum atomic E-state index is -4.38. The van der Waals surface area contributed by atoms with Crippen molar-refractivity contribution in [1.82, 2.24) is 4.90 Å². The molecule has 1 amide bonds. The summed E-state index contributed by atoms with van der Waals surface area (Å²) in [4.78, 5) is 12.5. The van der Waals surface area contributed by atoms with E-state index < -0.39 is 18.5 Å².